The van der Waals surface area contributed by atoms with Crippen molar-refractivity contribution in [1.29, 1.82) is 0 Å². The highest BCUT2D eigenvalue weighted by molar-refractivity contribution is 9.11. The Morgan fingerprint density at radius 1 is 1.35 bits per heavy atom. The van der Waals surface area contributed by atoms with Crippen molar-refractivity contribution in [3.63, 3.8) is 0 Å². The van der Waals surface area contributed by atoms with Crippen LogP contribution in [0, 0.1) is 0 Å². The predicted molar refractivity (Wildman–Crippen MR) is 76.0 cm³/mol. The summed E-state index contributed by atoms with van der Waals surface area (Å²) in [5.41, 5.74) is 0. The molecule has 0 fully saturated rings. The average molecular weight is 365 g/mol. The summed E-state index contributed by atoms with van der Waals surface area (Å²) in [6.07, 6.45) is 1.68. The van der Waals surface area contributed by atoms with Crippen LogP contribution in [0.15, 0.2) is 21.2 Å². The zero-order chi connectivity index (χ0) is 13.0. The molecule has 0 aliphatic carbocycles. The maximum absolute atomic E-state index is 11.7. The molecule has 0 saturated heterocycles. The van der Waals surface area contributed by atoms with E-state index >= 15 is 0 Å². The number of carbonyl (C=O) groups is 1. The Bertz CT molecular complexity index is 410. The van der Waals surface area contributed by atoms with Gasteiger partial charge in [0.15, 0.2) is 0 Å². The molecule has 0 radical (unpaired) electrons. The molecule has 0 spiro atoms. The smallest absolute Gasteiger partial charge is 0.242 e. The van der Waals surface area contributed by atoms with Crippen LogP contribution in [0.25, 0.3) is 0 Å². The summed E-state index contributed by atoms with van der Waals surface area (Å²) in [4.78, 5) is 15.9. The maximum Gasteiger partial charge on any atom is 0.242 e. The Hall–Kier alpha value is -0.620. The molecule has 2 N–H and O–H groups in total. The summed E-state index contributed by atoms with van der Waals surface area (Å²) in [7, 11) is 0. The summed E-state index contributed by atoms with van der Waals surface area (Å²) in [6, 6.07) is 1.68. The first-order valence-corrected chi connectivity index (χ1v) is 6.86. The second-order valence-electron chi connectivity index (χ2n) is 4.01. The van der Waals surface area contributed by atoms with Gasteiger partial charge in [0.25, 0.3) is 0 Å². The van der Waals surface area contributed by atoms with Crippen molar-refractivity contribution in [2.75, 3.05) is 5.32 Å². The van der Waals surface area contributed by atoms with E-state index in [9.17, 15) is 4.79 Å². The lowest BCUT2D eigenvalue weighted by Crippen LogP contribution is -2.41. The molecule has 1 aromatic rings. The molecule has 1 heterocycles. The summed E-state index contributed by atoms with van der Waals surface area (Å²) in [5.74, 6) is 0.608. The second-order valence-corrected chi connectivity index (χ2v) is 5.78. The molecule has 1 aromatic heterocycles. The van der Waals surface area contributed by atoms with Gasteiger partial charge in [0.1, 0.15) is 11.9 Å². The summed E-state index contributed by atoms with van der Waals surface area (Å²) in [5, 5.41) is 5.89. The van der Waals surface area contributed by atoms with Gasteiger partial charge in [-0.1, -0.05) is 0 Å². The molecule has 1 rings (SSSR count). The third-order valence-electron chi connectivity index (χ3n) is 1.99. The first-order chi connectivity index (χ1) is 7.90. The molecule has 94 valence electrons. The van der Waals surface area contributed by atoms with Crippen LogP contribution in [0.2, 0.25) is 0 Å². The summed E-state index contributed by atoms with van der Waals surface area (Å²) >= 11 is 6.71. The molecule has 17 heavy (non-hydrogen) atoms. The lowest BCUT2D eigenvalue weighted by molar-refractivity contribution is -0.122. The van der Waals surface area contributed by atoms with Gasteiger partial charge in [-0.3, -0.25) is 4.79 Å². The number of halogens is 2. The van der Waals surface area contributed by atoms with Crippen molar-refractivity contribution < 1.29 is 4.79 Å². The molecule has 1 unspecified atom stereocenters. The number of hydrogen-bond donors (Lipinski definition) is 2. The van der Waals surface area contributed by atoms with Gasteiger partial charge in [-0.05, 0) is 58.7 Å². The Balaban J connectivity index is 2.67. The summed E-state index contributed by atoms with van der Waals surface area (Å²) in [6.45, 7) is 5.66. The first-order valence-electron chi connectivity index (χ1n) is 5.28. The van der Waals surface area contributed by atoms with Crippen LogP contribution in [0.4, 0.5) is 5.82 Å². The van der Waals surface area contributed by atoms with E-state index in [1.807, 2.05) is 19.9 Å². The van der Waals surface area contributed by atoms with Crippen LogP contribution in [0.3, 0.4) is 0 Å². The van der Waals surface area contributed by atoms with E-state index in [1.165, 1.54) is 0 Å². The van der Waals surface area contributed by atoms with Crippen molar-refractivity contribution >= 4 is 43.6 Å². The highest BCUT2D eigenvalue weighted by atomic mass is 79.9. The number of aromatic nitrogens is 1. The summed E-state index contributed by atoms with van der Waals surface area (Å²) < 4.78 is 1.70. The number of amides is 1. The van der Waals surface area contributed by atoms with Gasteiger partial charge in [0, 0.05) is 16.7 Å². The normalized spacial score (nSPS) is 12.4. The van der Waals surface area contributed by atoms with Crippen LogP contribution in [-0.2, 0) is 4.79 Å². The fourth-order valence-corrected chi connectivity index (χ4v) is 2.30. The molecule has 1 atom stereocenters. The topological polar surface area (TPSA) is 54.0 Å². The Kier molecular flexibility index (Phi) is 5.39. The van der Waals surface area contributed by atoms with Crippen molar-refractivity contribution in [2.24, 2.45) is 0 Å². The minimum atomic E-state index is -0.331. The fourth-order valence-electron chi connectivity index (χ4n) is 1.20. The highest BCUT2D eigenvalue weighted by Gasteiger charge is 2.15. The number of nitrogens with one attached hydrogen (secondary N) is 2. The minimum Gasteiger partial charge on any atom is -0.358 e. The molecular weight excluding hydrogens is 350 g/mol. The van der Waals surface area contributed by atoms with Gasteiger partial charge >= 0.3 is 0 Å². The van der Waals surface area contributed by atoms with E-state index in [0.29, 0.717) is 5.82 Å². The molecular formula is C11H15Br2N3O. The van der Waals surface area contributed by atoms with E-state index < -0.39 is 0 Å². The monoisotopic (exact) mass is 363 g/mol. The Morgan fingerprint density at radius 3 is 2.53 bits per heavy atom. The zero-order valence-electron chi connectivity index (χ0n) is 9.92. The molecule has 1 amide bonds. The minimum absolute atomic E-state index is 0.0448. The predicted octanol–water partition coefficient (Wildman–Crippen LogP) is 2.93. The fraction of sp³-hybridized carbons (Fsp3) is 0.455. The first kappa shape index (κ1) is 14.4. The lowest BCUT2D eigenvalue weighted by Gasteiger charge is -2.17. The van der Waals surface area contributed by atoms with Gasteiger partial charge in [0.05, 0.1) is 4.47 Å². The van der Waals surface area contributed by atoms with Crippen LogP contribution in [0.1, 0.15) is 20.8 Å². The van der Waals surface area contributed by atoms with Crippen molar-refractivity contribution in [2.45, 2.75) is 32.9 Å². The molecule has 4 nitrogen and oxygen atoms in total. The van der Waals surface area contributed by atoms with Crippen LogP contribution in [-0.4, -0.2) is 23.0 Å². The molecule has 0 saturated carbocycles. The maximum atomic E-state index is 11.7. The Morgan fingerprint density at radius 2 is 2.00 bits per heavy atom. The van der Waals surface area contributed by atoms with E-state index in [0.717, 1.165) is 8.95 Å². The third kappa shape index (κ3) is 4.63. The molecule has 6 heteroatoms. The number of hydrogen-bond acceptors (Lipinski definition) is 3. The van der Waals surface area contributed by atoms with Crippen LogP contribution < -0.4 is 10.6 Å². The van der Waals surface area contributed by atoms with Crippen LogP contribution >= 0.6 is 31.9 Å². The van der Waals surface area contributed by atoms with Gasteiger partial charge in [-0.2, -0.15) is 0 Å². The number of pyridine rings is 1. The van der Waals surface area contributed by atoms with Gasteiger partial charge in [-0.15, -0.1) is 0 Å². The van der Waals surface area contributed by atoms with Gasteiger partial charge in [0.2, 0.25) is 5.91 Å². The zero-order valence-corrected chi connectivity index (χ0v) is 13.1. The third-order valence-corrected chi connectivity index (χ3v) is 3.02. The second kappa shape index (κ2) is 6.35. The number of anilines is 1. The van der Waals surface area contributed by atoms with E-state index in [4.69, 9.17) is 0 Å². The molecule has 0 aliphatic rings. The molecule has 0 aromatic carbocycles. The lowest BCUT2D eigenvalue weighted by atomic mass is 10.3. The number of nitrogens with zero attached hydrogens (tertiary/aromatic N) is 1. The quantitative estimate of drug-likeness (QED) is 0.863. The highest BCUT2D eigenvalue weighted by Crippen LogP contribution is 2.23. The molecule has 0 bridgehead atoms. The van der Waals surface area contributed by atoms with E-state index in [-0.39, 0.29) is 18.0 Å². The number of carbonyl (C=O) groups excluding carboxylic acids is 1. The van der Waals surface area contributed by atoms with E-state index in [2.05, 4.69) is 47.5 Å². The molecule has 0 aliphatic heterocycles. The van der Waals surface area contributed by atoms with Crippen molar-refractivity contribution in [1.82, 2.24) is 10.3 Å². The van der Waals surface area contributed by atoms with Crippen molar-refractivity contribution in [3.8, 4) is 0 Å². The SMILES string of the molecule is CC(C)NC(=O)C(C)Nc1ncc(Br)cc1Br. The Labute approximate surface area is 118 Å². The van der Waals surface area contributed by atoms with Crippen molar-refractivity contribution in [3.05, 3.63) is 21.2 Å². The number of rotatable bonds is 4. The average Bonchev–Trinajstić information content (AvgIpc) is 2.21. The van der Waals surface area contributed by atoms with E-state index in [1.54, 1.807) is 13.1 Å². The van der Waals surface area contributed by atoms with Crippen LogP contribution in [0.5, 0.6) is 0 Å². The van der Waals surface area contributed by atoms with Gasteiger partial charge < -0.3 is 10.6 Å². The van der Waals surface area contributed by atoms with Gasteiger partial charge in [-0.25, -0.2) is 4.98 Å². The largest absolute Gasteiger partial charge is 0.358 e. The standard InChI is InChI=1S/C11H15Br2N3O/c1-6(2)15-11(17)7(3)16-10-9(13)4-8(12)5-14-10/h4-7H,1-3H3,(H,14,16)(H,15,17).